The smallest absolute Gasteiger partial charge is 0.321 e. The summed E-state index contributed by atoms with van der Waals surface area (Å²) in [7, 11) is 0. The Labute approximate surface area is 101 Å². The highest BCUT2D eigenvalue weighted by atomic mass is 19.1. The van der Waals surface area contributed by atoms with Crippen LogP contribution >= 0.6 is 0 Å². The van der Waals surface area contributed by atoms with Gasteiger partial charge in [0.25, 0.3) is 0 Å². The Balaban J connectivity index is 2.07. The number of urea groups is 1. The molecule has 0 unspecified atom stereocenters. The van der Waals surface area contributed by atoms with E-state index < -0.39 is 0 Å². The number of halogens is 1. The Kier molecular flexibility index (Phi) is 3.61. The second-order valence-electron chi connectivity index (χ2n) is 4.41. The van der Waals surface area contributed by atoms with Crippen LogP contribution in [-0.4, -0.2) is 24.0 Å². The lowest BCUT2D eigenvalue weighted by atomic mass is 10.1. The van der Waals surface area contributed by atoms with Crippen molar-refractivity contribution in [1.29, 1.82) is 0 Å². The number of aryl methyl sites for hydroxylation is 1. The van der Waals surface area contributed by atoms with E-state index in [1.54, 1.807) is 24.0 Å². The van der Waals surface area contributed by atoms with E-state index in [-0.39, 0.29) is 11.8 Å². The van der Waals surface area contributed by atoms with E-state index in [1.807, 2.05) is 0 Å². The molecule has 2 rings (SSSR count). The van der Waals surface area contributed by atoms with Crippen LogP contribution in [0.1, 0.15) is 24.8 Å². The van der Waals surface area contributed by atoms with Crippen LogP contribution in [-0.2, 0) is 0 Å². The molecule has 1 aromatic rings. The Morgan fingerprint density at radius 2 is 2.00 bits per heavy atom. The van der Waals surface area contributed by atoms with E-state index in [2.05, 4.69) is 5.32 Å². The Morgan fingerprint density at radius 3 is 2.65 bits per heavy atom. The summed E-state index contributed by atoms with van der Waals surface area (Å²) in [5, 5.41) is 2.66. The molecule has 0 radical (unpaired) electrons. The molecule has 0 aliphatic carbocycles. The highest BCUT2D eigenvalue weighted by Crippen LogP contribution is 2.20. The molecule has 17 heavy (non-hydrogen) atoms. The highest BCUT2D eigenvalue weighted by Gasteiger charge is 2.18. The zero-order valence-corrected chi connectivity index (χ0v) is 10.0. The largest absolute Gasteiger partial charge is 0.325 e. The number of likely N-dealkylation sites (tertiary alicyclic amines) is 1. The number of hydrogen-bond donors (Lipinski definition) is 1. The summed E-state index contributed by atoms with van der Waals surface area (Å²) in [6.07, 6.45) is 3.23. The van der Waals surface area contributed by atoms with Gasteiger partial charge in [-0.1, -0.05) is 12.1 Å². The number of benzene rings is 1. The normalized spacial score (nSPS) is 15.8. The van der Waals surface area contributed by atoms with Crippen LogP contribution in [0.5, 0.6) is 0 Å². The van der Waals surface area contributed by atoms with Crippen molar-refractivity contribution in [3.63, 3.8) is 0 Å². The summed E-state index contributed by atoms with van der Waals surface area (Å²) in [6.45, 7) is 3.31. The van der Waals surface area contributed by atoms with Crippen LogP contribution in [0.2, 0.25) is 0 Å². The molecule has 0 aromatic heterocycles. The summed E-state index contributed by atoms with van der Waals surface area (Å²) in [5.74, 6) is -0.379. The van der Waals surface area contributed by atoms with Crippen LogP contribution in [0.25, 0.3) is 0 Å². The number of carbonyl (C=O) groups is 1. The molecule has 1 saturated heterocycles. The van der Waals surface area contributed by atoms with E-state index in [0.29, 0.717) is 5.69 Å². The molecule has 1 aliphatic rings. The summed E-state index contributed by atoms with van der Waals surface area (Å²) in [5.41, 5.74) is 1.04. The second kappa shape index (κ2) is 5.17. The van der Waals surface area contributed by atoms with E-state index in [1.165, 1.54) is 12.5 Å². The Morgan fingerprint density at radius 1 is 1.29 bits per heavy atom. The molecule has 0 spiro atoms. The molecule has 4 heteroatoms. The summed E-state index contributed by atoms with van der Waals surface area (Å²) >= 11 is 0. The molecule has 0 bridgehead atoms. The van der Waals surface area contributed by atoms with Gasteiger partial charge in [0.15, 0.2) is 0 Å². The van der Waals surface area contributed by atoms with Crippen LogP contribution in [0, 0.1) is 12.7 Å². The van der Waals surface area contributed by atoms with Crippen LogP contribution in [0.4, 0.5) is 14.9 Å². The van der Waals surface area contributed by atoms with Gasteiger partial charge in [-0.25, -0.2) is 9.18 Å². The van der Waals surface area contributed by atoms with Gasteiger partial charge in [0.1, 0.15) is 5.82 Å². The fourth-order valence-corrected chi connectivity index (χ4v) is 2.07. The van der Waals surface area contributed by atoms with Crippen molar-refractivity contribution in [2.24, 2.45) is 0 Å². The van der Waals surface area contributed by atoms with Crippen LogP contribution < -0.4 is 5.32 Å². The average Bonchev–Trinajstić information content (AvgIpc) is 2.35. The molecule has 0 atom stereocenters. The fourth-order valence-electron chi connectivity index (χ4n) is 2.07. The third-order valence-corrected chi connectivity index (χ3v) is 3.10. The Hall–Kier alpha value is -1.58. The van der Waals surface area contributed by atoms with E-state index >= 15 is 0 Å². The molecule has 3 nitrogen and oxygen atoms in total. The first-order valence-corrected chi connectivity index (χ1v) is 5.99. The maximum Gasteiger partial charge on any atom is 0.321 e. The second-order valence-corrected chi connectivity index (χ2v) is 4.41. The first-order chi connectivity index (χ1) is 8.18. The van der Waals surface area contributed by atoms with Gasteiger partial charge in [-0.05, 0) is 37.8 Å². The SMILES string of the molecule is Cc1cccc(F)c1NC(=O)N1CCCCC1. The molecule has 1 heterocycles. The number of anilines is 1. The van der Waals surface area contributed by atoms with Gasteiger partial charge in [-0.3, -0.25) is 0 Å². The molecule has 1 aliphatic heterocycles. The third kappa shape index (κ3) is 2.75. The van der Waals surface area contributed by atoms with Crippen molar-refractivity contribution in [3.05, 3.63) is 29.6 Å². The predicted molar refractivity (Wildman–Crippen MR) is 65.6 cm³/mol. The van der Waals surface area contributed by atoms with Crippen molar-refractivity contribution in [3.8, 4) is 0 Å². The van der Waals surface area contributed by atoms with Crippen molar-refractivity contribution in [2.75, 3.05) is 18.4 Å². The zero-order chi connectivity index (χ0) is 12.3. The Bertz CT molecular complexity index is 394. The standard InChI is InChI=1S/C13H17FN2O/c1-10-6-5-7-11(14)12(10)15-13(17)16-8-3-2-4-9-16/h5-7H,2-4,8-9H2,1H3,(H,15,17). The first-order valence-electron chi connectivity index (χ1n) is 5.99. The topological polar surface area (TPSA) is 32.3 Å². The summed E-state index contributed by atoms with van der Waals surface area (Å²) < 4.78 is 13.5. The maximum absolute atomic E-state index is 13.5. The highest BCUT2D eigenvalue weighted by molar-refractivity contribution is 5.90. The lowest BCUT2D eigenvalue weighted by molar-refractivity contribution is 0.200. The van der Waals surface area contributed by atoms with Gasteiger partial charge < -0.3 is 10.2 Å². The minimum absolute atomic E-state index is 0.196. The monoisotopic (exact) mass is 236 g/mol. The zero-order valence-electron chi connectivity index (χ0n) is 10.0. The van der Waals surface area contributed by atoms with Crippen LogP contribution in [0.3, 0.4) is 0 Å². The van der Waals surface area contributed by atoms with Gasteiger partial charge in [-0.2, -0.15) is 0 Å². The van der Waals surface area contributed by atoms with Crippen molar-refractivity contribution in [2.45, 2.75) is 26.2 Å². The quantitative estimate of drug-likeness (QED) is 0.798. The summed E-state index contributed by atoms with van der Waals surface area (Å²) in [6, 6.07) is 4.59. The van der Waals surface area contributed by atoms with Crippen molar-refractivity contribution in [1.82, 2.24) is 4.90 Å². The minimum Gasteiger partial charge on any atom is -0.325 e. The molecule has 0 saturated carbocycles. The predicted octanol–water partition coefficient (Wildman–Crippen LogP) is 3.15. The number of nitrogens with one attached hydrogen (secondary N) is 1. The van der Waals surface area contributed by atoms with E-state index in [4.69, 9.17) is 0 Å². The van der Waals surface area contributed by atoms with Gasteiger partial charge in [0.2, 0.25) is 0 Å². The number of piperidine rings is 1. The van der Waals surface area contributed by atoms with Crippen molar-refractivity contribution >= 4 is 11.7 Å². The first kappa shape index (κ1) is 11.9. The molecular weight excluding hydrogens is 219 g/mol. The fraction of sp³-hybridized carbons (Fsp3) is 0.462. The number of nitrogens with zero attached hydrogens (tertiary/aromatic N) is 1. The molecule has 92 valence electrons. The number of hydrogen-bond acceptors (Lipinski definition) is 1. The number of amides is 2. The lowest BCUT2D eigenvalue weighted by Crippen LogP contribution is -2.39. The molecule has 2 amide bonds. The van der Waals surface area contributed by atoms with Gasteiger partial charge in [-0.15, -0.1) is 0 Å². The lowest BCUT2D eigenvalue weighted by Gasteiger charge is -2.27. The minimum atomic E-state index is -0.379. The molecule has 1 fully saturated rings. The van der Waals surface area contributed by atoms with Crippen LogP contribution in [0.15, 0.2) is 18.2 Å². The van der Waals surface area contributed by atoms with Gasteiger partial charge >= 0.3 is 6.03 Å². The number of rotatable bonds is 1. The molecule has 1 aromatic carbocycles. The number of para-hydroxylation sites is 1. The van der Waals surface area contributed by atoms with Gasteiger partial charge in [0.05, 0.1) is 5.69 Å². The van der Waals surface area contributed by atoms with E-state index in [0.717, 1.165) is 31.5 Å². The van der Waals surface area contributed by atoms with E-state index in [9.17, 15) is 9.18 Å². The number of carbonyl (C=O) groups excluding carboxylic acids is 1. The third-order valence-electron chi connectivity index (χ3n) is 3.10. The molecular formula is C13H17FN2O. The average molecular weight is 236 g/mol. The molecule has 1 N–H and O–H groups in total. The van der Waals surface area contributed by atoms with Gasteiger partial charge in [0, 0.05) is 13.1 Å². The van der Waals surface area contributed by atoms with Crippen molar-refractivity contribution < 1.29 is 9.18 Å². The summed E-state index contributed by atoms with van der Waals surface area (Å²) in [4.78, 5) is 13.7. The maximum atomic E-state index is 13.5.